The van der Waals surface area contributed by atoms with Crippen molar-refractivity contribution in [3.05, 3.63) is 59.7 Å². The molecule has 0 aliphatic carbocycles. The van der Waals surface area contributed by atoms with Crippen LogP contribution in [0.2, 0.25) is 0 Å². The minimum atomic E-state index is -0.0158. The van der Waals surface area contributed by atoms with Crippen molar-refractivity contribution in [1.82, 2.24) is 0 Å². The van der Waals surface area contributed by atoms with Crippen molar-refractivity contribution in [2.45, 2.75) is 4.90 Å². The van der Waals surface area contributed by atoms with Crippen molar-refractivity contribution in [2.75, 3.05) is 18.2 Å². The third-order valence-electron chi connectivity index (χ3n) is 3.05. The van der Waals surface area contributed by atoms with Crippen LogP contribution in [-0.2, 0) is 4.79 Å². The second kappa shape index (κ2) is 6.39. The predicted octanol–water partition coefficient (Wildman–Crippen LogP) is 3.23. The van der Waals surface area contributed by atoms with E-state index in [1.165, 1.54) is 4.90 Å². The maximum Gasteiger partial charge on any atom is 0.213 e. The van der Waals surface area contributed by atoms with E-state index in [-0.39, 0.29) is 5.78 Å². The van der Waals surface area contributed by atoms with Gasteiger partial charge in [-0.3, -0.25) is 9.59 Å². The number of amides is 1. The van der Waals surface area contributed by atoms with Gasteiger partial charge in [0.1, 0.15) is 0 Å². The van der Waals surface area contributed by atoms with Gasteiger partial charge in [-0.1, -0.05) is 0 Å². The Hall–Kier alpha value is -2.07. The molecule has 0 aliphatic rings. The summed E-state index contributed by atoms with van der Waals surface area (Å²) < 4.78 is 0. The number of hydrogen-bond acceptors (Lipinski definition) is 3. The Kier molecular flexibility index (Phi) is 4.58. The van der Waals surface area contributed by atoms with E-state index >= 15 is 0 Å². The van der Waals surface area contributed by atoms with Gasteiger partial charge in [0.15, 0.2) is 5.78 Å². The first-order valence-corrected chi connectivity index (χ1v) is 7.35. The highest BCUT2D eigenvalue weighted by Gasteiger charge is 2.09. The largest absolute Gasteiger partial charge is 0.318 e. The molecule has 0 saturated heterocycles. The Morgan fingerprint density at radius 3 is 1.95 bits per heavy atom. The van der Waals surface area contributed by atoms with E-state index in [9.17, 15) is 9.59 Å². The van der Waals surface area contributed by atoms with Gasteiger partial charge in [0.25, 0.3) is 0 Å². The van der Waals surface area contributed by atoms with Crippen molar-refractivity contribution < 1.29 is 9.59 Å². The van der Waals surface area contributed by atoms with Crippen LogP contribution >= 0.6 is 11.8 Å². The molecule has 0 saturated carbocycles. The summed E-state index contributed by atoms with van der Waals surface area (Å²) in [5, 5.41) is 0. The Bertz CT molecular complexity index is 605. The summed E-state index contributed by atoms with van der Waals surface area (Å²) in [5.74, 6) is -0.0158. The van der Waals surface area contributed by atoms with E-state index in [4.69, 9.17) is 0 Å². The first-order chi connectivity index (χ1) is 9.65. The first kappa shape index (κ1) is 14.3. The fraction of sp³-hybridized carbons (Fsp3) is 0.125. The molecule has 1 amide bonds. The number of carbonyl (C=O) groups is 2. The number of ketones is 1. The van der Waals surface area contributed by atoms with Crippen LogP contribution in [0.4, 0.5) is 5.69 Å². The average Bonchev–Trinajstić information content (AvgIpc) is 2.53. The van der Waals surface area contributed by atoms with Crippen molar-refractivity contribution in [3.8, 4) is 0 Å². The number of thioether (sulfide) groups is 1. The van der Waals surface area contributed by atoms with E-state index in [2.05, 4.69) is 0 Å². The molecule has 0 bridgehead atoms. The van der Waals surface area contributed by atoms with Crippen LogP contribution in [0.5, 0.6) is 0 Å². The minimum Gasteiger partial charge on any atom is -0.318 e. The summed E-state index contributed by atoms with van der Waals surface area (Å²) in [5.41, 5.74) is 2.04. The molecule has 3 nitrogen and oxygen atoms in total. The molecule has 0 atom stereocenters. The van der Waals surface area contributed by atoms with Crippen LogP contribution in [-0.4, -0.2) is 25.5 Å². The van der Waals surface area contributed by atoms with Crippen LogP contribution in [0.3, 0.4) is 0 Å². The Balaban J connectivity index is 2.21. The highest BCUT2D eigenvalue weighted by molar-refractivity contribution is 7.98. The van der Waals surface area contributed by atoms with Crippen LogP contribution in [0.1, 0.15) is 15.9 Å². The number of hydrogen-bond donors (Lipinski definition) is 0. The van der Waals surface area contributed by atoms with Crippen molar-refractivity contribution in [3.63, 3.8) is 0 Å². The molecule has 0 N–H and O–H groups in total. The SMILES string of the molecule is CSc1ccc(C(=O)c2ccc(N(C)C=O)cc2)cc1. The van der Waals surface area contributed by atoms with Gasteiger partial charge in [-0.05, 0) is 54.8 Å². The number of rotatable bonds is 5. The van der Waals surface area contributed by atoms with Crippen LogP contribution < -0.4 is 4.90 Å². The molecular weight excluding hydrogens is 270 g/mol. The van der Waals surface area contributed by atoms with E-state index in [0.717, 1.165) is 17.0 Å². The van der Waals surface area contributed by atoms with Crippen molar-refractivity contribution >= 4 is 29.6 Å². The van der Waals surface area contributed by atoms with E-state index in [1.807, 2.05) is 30.5 Å². The van der Waals surface area contributed by atoms with Gasteiger partial charge in [0.05, 0.1) is 0 Å². The third-order valence-corrected chi connectivity index (χ3v) is 3.79. The van der Waals surface area contributed by atoms with Gasteiger partial charge in [-0.25, -0.2) is 0 Å². The summed E-state index contributed by atoms with van der Waals surface area (Å²) in [6.07, 6.45) is 2.73. The quantitative estimate of drug-likeness (QED) is 0.481. The standard InChI is InChI=1S/C16H15NO2S/c1-17(11-18)14-7-3-12(4-8-14)16(19)13-5-9-15(20-2)10-6-13/h3-11H,1-2H3. The minimum absolute atomic E-state index is 0.0158. The van der Waals surface area contributed by atoms with Gasteiger partial charge in [-0.2, -0.15) is 0 Å². The van der Waals surface area contributed by atoms with Crippen LogP contribution in [0, 0.1) is 0 Å². The van der Waals surface area contributed by atoms with Gasteiger partial charge >= 0.3 is 0 Å². The normalized spacial score (nSPS) is 10.1. The van der Waals surface area contributed by atoms with Gasteiger partial charge in [0, 0.05) is 28.8 Å². The Morgan fingerprint density at radius 1 is 1.00 bits per heavy atom. The second-order valence-corrected chi connectivity index (χ2v) is 5.20. The summed E-state index contributed by atoms with van der Waals surface area (Å²) >= 11 is 1.64. The molecule has 102 valence electrons. The maximum atomic E-state index is 12.3. The van der Waals surface area contributed by atoms with Gasteiger partial charge in [0.2, 0.25) is 6.41 Å². The number of benzene rings is 2. The summed E-state index contributed by atoms with van der Waals surface area (Å²) in [7, 11) is 1.67. The van der Waals surface area contributed by atoms with Crippen molar-refractivity contribution in [1.29, 1.82) is 0 Å². The fourth-order valence-electron chi connectivity index (χ4n) is 1.82. The maximum absolute atomic E-state index is 12.3. The zero-order valence-corrected chi connectivity index (χ0v) is 12.2. The predicted molar refractivity (Wildman–Crippen MR) is 82.6 cm³/mol. The van der Waals surface area contributed by atoms with Crippen LogP contribution in [0.15, 0.2) is 53.4 Å². The monoisotopic (exact) mass is 285 g/mol. The molecule has 0 spiro atoms. The Labute approximate surface area is 122 Å². The first-order valence-electron chi connectivity index (χ1n) is 6.12. The molecule has 0 aromatic heterocycles. The lowest BCUT2D eigenvalue weighted by Crippen LogP contribution is -2.13. The summed E-state index contributed by atoms with van der Waals surface area (Å²) in [4.78, 5) is 25.6. The molecule has 0 radical (unpaired) electrons. The summed E-state index contributed by atoms with van der Waals surface area (Å²) in [6.45, 7) is 0. The third kappa shape index (κ3) is 3.08. The molecular formula is C16H15NO2S. The molecule has 20 heavy (non-hydrogen) atoms. The molecule has 0 heterocycles. The summed E-state index contributed by atoms with van der Waals surface area (Å²) in [6, 6.07) is 14.5. The smallest absolute Gasteiger partial charge is 0.213 e. The lowest BCUT2D eigenvalue weighted by Gasteiger charge is -2.10. The zero-order chi connectivity index (χ0) is 14.5. The highest BCUT2D eigenvalue weighted by Crippen LogP contribution is 2.18. The molecule has 0 aliphatic heterocycles. The topological polar surface area (TPSA) is 37.4 Å². The molecule has 2 aromatic rings. The lowest BCUT2D eigenvalue weighted by molar-refractivity contribution is -0.107. The molecule has 0 fully saturated rings. The fourth-order valence-corrected chi connectivity index (χ4v) is 2.23. The van der Waals surface area contributed by atoms with E-state index in [1.54, 1.807) is 43.1 Å². The van der Waals surface area contributed by atoms with E-state index in [0.29, 0.717) is 11.1 Å². The average molecular weight is 285 g/mol. The molecule has 0 unspecified atom stereocenters. The van der Waals surface area contributed by atoms with Gasteiger partial charge in [-0.15, -0.1) is 11.8 Å². The molecule has 4 heteroatoms. The highest BCUT2D eigenvalue weighted by atomic mass is 32.2. The van der Waals surface area contributed by atoms with E-state index < -0.39 is 0 Å². The number of carbonyl (C=O) groups excluding carboxylic acids is 2. The van der Waals surface area contributed by atoms with Gasteiger partial charge < -0.3 is 4.90 Å². The number of anilines is 1. The number of nitrogens with zero attached hydrogens (tertiary/aromatic N) is 1. The second-order valence-electron chi connectivity index (χ2n) is 4.32. The van der Waals surface area contributed by atoms with Crippen LogP contribution in [0.25, 0.3) is 0 Å². The zero-order valence-electron chi connectivity index (χ0n) is 11.4. The molecule has 2 aromatic carbocycles. The molecule has 2 rings (SSSR count). The Morgan fingerprint density at radius 2 is 1.50 bits per heavy atom. The lowest BCUT2D eigenvalue weighted by atomic mass is 10.0. The van der Waals surface area contributed by atoms with Crippen molar-refractivity contribution in [2.24, 2.45) is 0 Å².